The fourth-order valence-electron chi connectivity index (χ4n) is 2.71. The van der Waals surface area contributed by atoms with Crippen molar-refractivity contribution in [1.29, 1.82) is 0 Å². The van der Waals surface area contributed by atoms with Crippen molar-refractivity contribution in [2.24, 2.45) is 5.92 Å². The highest BCUT2D eigenvalue weighted by molar-refractivity contribution is 7.15. The van der Waals surface area contributed by atoms with Crippen LogP contribution in [0.2, 0.25) is 0 Å². The Morgan fingerprint density at radius 2 is 2.30 bits per heavy atom. The summed E-state index contributed by atoms with van der Waals surface area (Å²) >= 11 is 1.73. The van der Waals surface area contributed by atoms with Gasteiger partial charge < -0.3 is 14.4 Å². The first-order valence-corrected chi connectivity index (χ1v) is 8.07. The van der Waals surface area contributed by atoms with Crippen LogP contribution in [-0.2, 0) is 27.1 Å². The topological polar surface area (TPSA) is 51.7 Å². The van der Waals surface area contributed by atoms with Gasteiger partial charge in [-0.05, 0) is 26.2 Å². The zero-order chi connectivity index (χ0) is 13.9. The molecule has 6 heteroatoms. The Morgan fingerprint density at radius 3 is 3.05 bits per heavy atom. The van der Waals surface area contributed by atoms with Crippen LogP contribution in [0.15, 0.2) is 0 Å². The van der Waals surface area contributed by atoms with Crippen molar-refractivity contribution in [2.45, 2.75) is 26.2 Å². The van der Waals surface area contributed by atoms with Crippen molar-refractivity contribution in [3.63, 3.8) is 0 Å². The first-order valence-electron chi connectivity index (χ1n) is 7.26. The Labute approximate surface area is 122 Å². The van der Waals surface area contributed by atoms with E-state index in [1.807, 2.05) is 6.92 Å². The Balaban J connectivity index is 1.70. The van der Waals surface area contributed by atoms with Gasteiger partial charge in [0.1, 0.15) is 0 Å². The summed E-state index contributed by atoms with van der Waals surface area (Å²) in [5.74, 6) is -0.0417. The number of carbonyl (C=O) groups is 1. The van der Waals surface area contributed by atoms with Gasteiger partial charge in [0.15, 0.2) is 5.13 Å². The molecular formula is C14H20N2O3S. The number of hydrogen-bond donors (Lipinski definition) is 0. The number of carbonyl (C=O) groups excluding carboxylic acids is 1. The second-order valence-electron chi connectivity index (χ2n) is 5.16. The monoisotopic (exact) mass is 296 g/mol. The van der Waals surface area contributed by atoms with Crippen LogP contribution in [0.3, 0.4) is 0 Å². The van der Waals surface area contributed by atoms with Crippen molar-refractivity contribution in [3.05, 3.63) is 10.6 Å². The third-order valence-corrected chi connectivity index (χ3v) is 5.01. The number of ether oxygens (including phenoxy) is 2. The van der Waals surface area contributed by atoms with Gasteiger partial charge in [0.25, 0.3) is 0 Å². The van der Waals surface area contributed by atoms with Crippen LogP contribution < -0.4 is 4.90 Å². The third-order valence-electron chi connectivity index (χ3n) is 3.83. The molecule has 2 heterocycles. The van der Waals surface area contributed by atoms with Gasteiger partial charge in [-0.15, -0.1) is 11.3 Å². The lowest BCUT2D eigenvalue weighted by atomic mass is 9.91. The lowest BCUT2D eigenvalue weighted by molar-refractivity contribution is -0.148. The number of nitrogens with zero attached hydrogens (tertiary/aromatic N) is 2. The number of aromatic nitrogens is 1. The summed E-state index contributed by atoms with van der Waals surface area (Å²) in [7, 11) is 0. The standard InChI is InChI=1S/C14H20N2O3S/c1-2-19-13(17)10-3-4-11-12(9-10)20-14(15-11)16-5-7-18-8-6-16/h10H,2-9H2,1H3. The average molecular weight is 296 g/mol. The molecule has 0 spiro atoms. The molecule has 1 fully saturated rings. The normalized spacial score (nSPS) is 22.4. The van der Waals surface area contributed by atoms with Crippen molar-refractivity contribution >= 4 is 22.4 Å². The molecule has 1 unspecified atom stereocenters. The van der Waals surface area contributed by atoms with Crippen LogP contribution in [0.25, 0.3) is 0 Å². The summed E-state index contributed by atoms with van der Waals surface area (Å²) < 4.78 is 10.5. The molecule has 1 atom stereocenters. The number of anilines is 1. The van der Waals surface area contributed by atoms with E-state index < -0.39 is 0 Å². The SMILES string of the molecule is CCOC(=O)C1CCc2nc(N3CCOCC3)sc2C1. The summed E-state index contributed by atoms with van der Waals surface area (Å²) in [4.78, 5) is 20.1. The third kappa shape index (κ3) is 2.81. The highest BCUT2D eigenvalue weighted by atomic mass is 32.1. The molecule has 0 amide bonds. The lowest BCUT2D eigenvalue weighted by Crippen LogP contribution is -2.36. The minimum Gasteiger partial charge on any atom is -0.466 e. The maximum absolute atomic E-state index is 11.9. The molecule has 0 radical (unpaired) electrons. The van der Waals surface area contributed by atoms with Crippen LogP contribution in [-0.4, -0.2) is 43.9 Å². The van der Waals surface area contributed by atoms with E-state index in [9.17, 15) is 4.79 Å². The molecule has 5 nitrogen and oxygen atoms in total. The van der Waals surface area contributed by atoms with Crippen LogP contribution in [0.5, 0.6) is 0 Å². The van der Waals surface area contributed by atoms with Gasteiger partial charge in [-0.1, -0.05) is 0 Å². The highest BCUT2D eigenvalue weighted by Gasteiger charge is 2.29. The van der Waals surface area contributed by atoms with E-state index in [0.29, 0.717) is 6.61 Å². The summed E-state index contributed by atoms with van der Waals surface area (Å²) in [5, 5.41) is 1.09. The van der Waals surface area contributed by atoms with E-state index >= 15 is 0 Å². The summed E-state index contributed by atoms with van der Waals surface area (Å²) in [5.41, 5.74) is 1.18. The Bertz CT molecular complexity index is 483. The van der Waals surface area contributed by atoms with Crippen LogP contribution in [0, 0.1) is 5.92 Å². The summed E-state index contributed by atoms with van der Waals surface area (Å²) in [6.45, 7) is 5.69. The highest BCUT2D eigenvalue weighted by Crippen LogP contribution is 2.34. The van der Waals surface area contributed by atoms with Crippen molar-refractivity contribution in [2.75, 3.05) is 37.8 Å². The summed E-state index contributed by atoms with van der Waals surface area (Å²) in [6, 6.07) is 0. The number of morpholine rings is 1. The zero-order valence-electron chi connectivity index (χ0n) is 11.8. The van der Waals surface area contributed by atoms with E-state index in [2.05, 4.69) is 4.90 Å². The summed E-state index contributed by atoms with van der Waals surface area (Å²) in [6.07, 6.45) is 2.54. The number of hydrogen-bond acceptors (Lipinski definition) is 6. The van der Waals surface area contributed by atoms with Crippen LogP contribution >= 0.6 is 11.3 Å². The molecular weight excluding hydrogens is 276 g/mol. The lowest BCUT2D eigenvalue weighted by Gasteiger charge is -2.26. The van der Waals surface area contributed by atoms with E-state index in [1.165, 1.54) is 10.6 Å². The van der Waals surface area contributed by atoms with E-state index in [1.54, 1.807) is 11.3 Å². The number of rotatable bonds is 3. The minimum absolute atomic E-state index is 0.0143. The average Bonchev–Trinajstić information content (AvgIpc) is 2.91. The number of esters is 1. The first kappa shape index (κ1) is 13.8. The van der Waals surface area contributed by atoms with Gasteiger partial charge >= 0.3 is 5.97 Å². The Hall–Kier alpha value is -1.14. The number of aryl methyl sites for hydroxylation is 1. The van der Waals surface area contributed by atoms with Crippen LogP contribution in [0.1, 0.15) is 23.9 Å². The molecule has 1 aromatic rings. The molecule has 0 bridgehead atoms. The fraction of sp³-hybridized carbons (Fsp3) is 0.714. The molecule has 1 saturated heterocycles. The smallest absolute Gasteiger partial charge is 0.309 e. The molecule has 0 N–H and O–H groups in total. The number of thiazole rings is 1. The molecule has 0 aromatic carbocycles. The van der Waals surface area contributed by atoms with Crippen LogP contribution in [0.4, 0.5) is 5.13 Å². The Kier molecular flexibility index (Phi) is 4.21. The number of fused-ring (bicyclic) bond motifs is 1. The fourth-order valence-corrected chi connectivity index (χ4v) is 3.95. The largest absolute Gasteiger partial charge is 0.466 e. The van der Waals surface area contributed by atoms with Gasteiger partial charge in [-0.25, -0.2) is 4.98 Å². The zero-order valence-corrected chi connectivity index (χ0v) is 12.6. The predicted molar refractivity (Wildman–Crippen MR) is 77.3 cm³/mol. The molecule has 1 aliphatic heterocycles. The molecule has 20 heavy (non-hydrogen) atoms. The van der Waals surface area contributed by atoms with Crippen molar-refractivity contribution in [1.82, 2.24) is 4.98 Å². The van der Waals surface area contributed by atoms with E-state index in [4.69, 9.17) is 14.5 Å². The minimum atomic E-state index is -0.0560. The van der Waals surface area contributed by atoms with Crippen molar-refractivity contribution in [3.8, 4) is 0 Å². The second-order valence-corrected chi connectivity index (χ2v) is 6.22. The quantitative estimate of drug-likeness (QED) is 0.794. The van der Waals surface area contributed by atoms with E-state index in [-0.39, 0.29) is 11.9 Å². The van der Waals surface area contributed by atoms with Crippen molar-refractivity contribution < 1.29 is 14.3 Å². The maximum Gasteiger partial charge on any atom is 0.309 e. The molecule has 3 rings (SSSR count). The predicted octanol–water partition coefficient (Wildman–Crippen LogP) is 1.65. The molecule has 0 saturated carbocycles. The second kappa shape index (κ2) is 6.10. The molecule has 1 aromatic heterocycles. The van der Waals surface area contributed by atoms with Gasteiger partial charge in [0.2, 0.25) is 0 Å². The molecule has 110 valence electrons. The van der Waals surface area contributed by atoms with Gasteiger partial charge in [-0.2, -0.15) is 0 Å². The van der Waals surface area contributed by atoms with Gasteiger partial charge in [-0.3, -0.25) is 4.79 Å². The molecule has 1 aliphatic carbocycles. The molecule has 2 aliphatic rings. The van der Waals surface area contributed by atoms with Gasteiger partial charge in [0.05, 0.1) is 31.4 Å². The Morgan fingerprint density at radius 1 is 1.50 bits per heavy atom. The van der Waals surface area contributed by atoms with E-state index in [0.717, 1.165) is 50.7 Å². The first-order chi connectivity index (χ1) is 9.78. The maximum atomic E-state index is 11.9. The van der Waals surface area contributed by atoms with Gasteiger partial charge in [0, 0.05) is 18.0 Å².